The van der Waals surface area contributed by atoms with E-state index in [9.17, 15) is 0 Å². The Bertz CT molecular complexity index is 354. The van der Waals surface area contributed by atoms with Crippen molar-refractivity contribution in [3.63, 3.8) is 0 Å². The Morgan fingerprint density at radius 1 is 1.05 bits per heavy atom. The molecule has 19 heavy (non-hydrogen) atoms. The highest BCUT2D eigenvalue weighted by Crippen LogP contribution is 2.16. The van der Waals surface area contributed by atoms with Gasteiger partial charge in [-0.3, -0.25) is 0 Å². The fraction of sp³-hybridized carbons (Fsp3) is 0.538. The molecule has 4 nitrogen and oxygen atoms in total. The van der Waals surface area contributed by atoms with Gasteiger partial charge in [-0.2, -0.15) is 0 Å². The second kappa shape index (κ2) is 8.61. The number of aliphatic hydroxyl groups is 2. The molecule has 1 aromatic carbocycles. The van der Waals surface area contributed by atoms with E-state index in [4.69, 9.17) is 39.1 Å². The van der Waals surface area contributed by atoms with E-state index in [1.54, 1.807) is 0 Å². The van der Waals surface area contributed by atoms with Gasteiger partial charge in [-0.15, -0.1) is 23.2 Å². The molecule has 4 N–H and O–H groups in total. The van der Waals surface area contributed by atoms with Crippen LogP contribution in [-0.2, 0) is 6.42 Å². The Morgan fingerprint density at radius 3 is 2.00 bits per heavy atom. The number of anilines is 1. The summed E-state index contributed by atoms with van der Waals surface area (Å²) in [6, 6.07) is 7.10. The van der Waals surface area contributed by atoms with Crippen LogP contribution in [0.1, 0.15) is 5.56 Å². The third-order valence-electron chi connectivity index (χ3n) is 2.86. The molecule has 6 heteroatoms. The Morgan fingerprint density at radius 2 is 1.58 bits per heavy atom. The van der Waals surface area contributed by atoms with Gasteiger partial charge in [0, 0.05) is 30.5 Å². The van der Waals surface area contributed by atoms with Gasteiger partial charge in [0.2, 0.25) is 0 Å². The standard InChI is InChI=1S/C13H20Cl2N2O2/c14-5-7-17(8-6-15)11-3-1-10(2-4-11)9-12(16)13(18)19/h1-4,12-13,18-19H,5-9,16H2. The van der Waals surface area contributed by atoms with E-state index >= 15 is 0 Å². The summed E-state index contributed by atoms with van der Waals surface area (Å²) in [7, 11) is 0. The molecule has 0 radical (unpaired) electrons. The number of halogens is 2. The van der Waals surface area contributed by atoms with Gasteiger partial charge in [0.1, 0.15) is 0 Å². The van der Waals surface area contributed by atoms with Crippen LogP contribution in [0, 0.1) is 0 Å². The molecule has 0 aliphatic heterocycles. The minimum absolute atomic E-state index is 0.420. The lowest BCUT2D eigenvalue weighted by Gasteiger charge is -2.23. The summed E-state index contributed by atoms with van der Waals surface area (Å²) in [5.74, 6) is 1.08. The average molecular weight is 307 g/mol. The van der Waals surface area contributed by atoms with Gasteiger partial charge in [0.15, 0.2) is 6.29 Å². The zero-order valence-electron chi connectivity index (χ0n) is 10.7. The van der Waals surface area contributed by atoms with E-state index in [1.165, 1.54) is 0 Å². The quantitative estimate of drug-likeness (QED) is 0.498. The number of nitrogens with two attached hydrogens (primary N) is 1. The molecule has 1 rings (SSSR count). The lowest BCUT2D eigenvalue weighted by Crippen LogP contribution is -2.36. The van der Waals surface area contributed by atoms with E-state index < -0.39 is 12.3 Å². The lowest BCUT2D eigenvalue weighted by atomic mass is 10.1. The lowest BCUT2D eigenvalue weighted by molar-refractivity contribution is -0.0577. The second-order valence-corrected chi connectivity index (χ2v) is 5.07. The van der Waals surface area contributed by atoms with Crippen LogP contribution in [0.3, 0.4) is 0 Å². The van der Waals surface area contributed by atoms with Crippen LogP contribution in [0.25, 0.3) is 0 Å². The minimum Gasteiger partial charge on any atom is -0.369 e. The molecule has 0 aromatic heterocycles. The summed E-state index contributed by atoms with van der Waals surface area (Å²) in [6.45, 7) is 1.48. The highest BCUT2D eigenvalue weighted by Gasteiger charge is 2.12. The summed E-state index contributed by atoms with van der Waals surface area (Å²) in [5.41, 5.74) is 7.60. The van der Waals surface area contributed by atoms with E-state index in [0.29, 0.717) is 18.2 Å². The largest absolute Gasteiger partial charge is 0.369 e. The molecule has 1 unspecified atom stereocenters. The molecular weight excluding hydrogens is 287 g/mol. The summed E-state index contributed by atoms with van der Waals surface area (Å²) < 4.78 is 0. The molecule has 0 aliphatic carbocycles. The Kier molecular flexibility index (Phi) is 7.49. The number of hydrogen-bond acceptors (Lipinski definition) is 4. The normalized spacial score (nSPS) is 12.7. The van der Waals surface area contributed by atoms with Crippen LogP contribution in [0.4, 0.5) is 5.69 Å². The van der Waals surface area contributed by atoms with Crippen molar-refractivity contribution in [3.8, 4) is 0 Å². The average Bonchev–Trinajstić information content (AvgIpc) is 2.39. The summed E-state index contributed by atoms with van der Waals surface area (Å²) >= 11 is 11.5. The van der Waals surface area contributed by atoms with Crippen LogP contribution in [0.2, 0.25) is 0 Å². The van der Waals surface area contributed by atoms with Crippen LogP contribution < -0.4 is 10.6 Å². The Balaban J connectivity index is 2.68. The van der Waals surface area contributed by atoms with Crippen molar-refractivity contribution in [3.05, 3.63) is 29.8 Å². The van der Waals surface area contributed by atoms with Crippen molar-refractivity contribution in [2.45, 2.75) is 18.8 Å². The number of hydrogen-bond donors (Lipinski definition) is 3. The predicted molar refractivity (Wildman–Crippen MR) is 80.0 cm³/mol. The van der Waals surface area contributed by atoms with Crippen LogP contribution in [-0.4, -0.2) is 47.4 Å². The maximum Gasteiger partial charge on any atom is 0.167 e. The smallest absolute Gasteiger partial charge is 0.167 e. The van der Waals surface area contributed by atoms with Gasteiger partial charge in [0.05, 0.1) is 6.04 Å². The van der Waals surface area contributed by atoms with Crippen molar-refractivity contribution < 1.29 is 10.2 Å². The Hall–Kier alpha value is -0.520. The number of nitrogens with zero attached hydrogens (tertiary/aromatic N) is 1. The SMILES string of the molecule is NC(Cc1ccc(N(CCCl)CCCl)cc1)C(O)O. The number of benzene rings is 1. The molecule has 0 amide bonds. The molecule has 0 saturated carbocycles. The Labute approximate surface area is 123 Å². The summed E-state index contributed by atoms with van der Waals surface area (Å²) in [5, 5.41) is 17.9. The fourth-order valence-electron chi connectivity index (χ4n) is 1.79. The van der Waals surface area contributed by atoms with Crippen LogP contribution >= 0.6 is 23.2 Å². The second-order valence-electron chi connectivity index (χ2n) is 4.31. The number of rotatable bonds is 8. The number of aliphatic hydroxyl groups excluding tert-OH is 1. The maximum atomic E-state index is 8.96. The van der Waals surface area contributed by atoms with Crippen LogP contribution in [0.5, 0.6) is 0 Å². The molecule has 0 spiro atoms. The molecule has 0 saturated heterocycles. The van der Waals surface area contributed by atoms with E-state index in [1.807, 2.05) is 24.3 Å². The topological polar surface area (TPSA) is 69.7 Å². The minimum atomic E-state index is -1.50. The first-order valence-corrected chi connectivity index (χ1v) is 7.23. The molecule has 0 aliphatic rings. The first kappa shape index (κ1) is 16.5. The van der Waals surface area contributed by atoms with Gasteiger partial charge in [0.25, 0.3) is 0 Å². The molecule has 0 bridgehead atoms. The van der Waals surface area contributed by atoms with Gasteiger partial charge < -0.3 is 20.8 Å². The molecule has 0 heterocycles. The van der Waals surface area contributed by atoms with Crippen molar-refractivity contribution >= 4 is 28.9 Å². The first-order valence-electron chi connectivity index (χ1n) is 6.16. The molecular formula is C13H20Cl2N2O2. The highest BCUT2D eigenvalue weighted by molar-refractivity contribution is 6.18. The molecule has 1 atom stereocenters. The van der Waals surface area contributed by atoms with E-state index in [0.717, 1.165) is 24.3 Å². The molecule has 1 aromatic rings. The van der Waals surface area contributed by atoms with Crippen molar-refractivity contribution in [1.29, 1.82) is 0 Å². The predicted octanol–water partition coefficient (Wildman–Crippen LogP) is 1.15. The van der Waals surface area contributed by atoms with Crippen LogP contribution in [0.15, 0.2) is 24.3 Å². The van der Waals surface area contributed by atoms with Gasteiger partial charge in [-0.05, 0) is 24.1 Å². The molecule has 108 valence electrons. The monoisotopic (exact) mass is 306 g/mol. The van der Waals surface area contributed by atoms with E-state index in [-0.39, 0.29) is 0 Å². The molecule has 0 fully saturated rings. The fourth-order valence-corrected chi connectivity index (χ4v) is 2.20. The zero-order chi connectivity index (χ0) is 14.3. The third-order valence-corrected chi connectivity index (χ3v) is 3.20. The zero-order valence-corrected chi connectivity index (χ0v) is 12.2. The number of alkyl halides is 2. The summed E-state index contributed by atoms with van der Waals surface area (Å²) in [6.07, 6.45) is -1.08. The van der Waals surface area contributed by atoms with Gasteiger partial charge in [-0.1, -0.05) is 12.1 Å². The third kappa shape index (κ3) is 5.55. The maximum absolute atomic E-state index is 8.96. The van der Waals surface area contributed by atoms with E-state index in [2.05, 4.69) is 4.90 Å². The highest BCUT2D eigenvalue weighted by atomic mass is 35.5. The van der Waals surface area contributed by atoms with Crippen molar-refractivity contribution in [2.75, 3.05) is 29.7 Å². The first-order chi connectivity index (χ1) is 9.08. The van der Waals surface area contributed by atoms with Gasteiger partial charge >= 0.3 is 0 Å². The van der Waals surface area contributed by atoms with Crippen molar-refractivity contribution in [2.24, 2.45) is 5.73 Å². The van der Waals surface area contributed by atoms with Gasteiger partial charge in [-0.25, -0.2) is 0 Å². The van der Waals surface area contributed by atoms with Crippen molar-refractivity contribution in [1.82, 2.24) is 0 Å². The summed E-state index contributed by atoms with van der Waals surface area (Å²) in [4.78, 5) is 2.10.